The highest BCUT2D eigenvalue weighted by molar-refractivity contribution is 5.75. The van der Waals surface area contributed by atoms with Gasteiger partial charge in [-0.05, 0) is 53.8 Å². The number of hydrogen-bond acceptors (Lipinski definition) is 7. The van der Waals surface area contributed by atoms with Crippen LogP contribution < -0.4 is 0 Å². The molecule has 2 aliphatic heterocycles. The summed E-state index contributed by atoms with van der Waals surface area (Å²) in [6.45, 7) is 11.4. The number of hydrogen-bond donors (Lipinski definition) is 0. The Morgan fingerprint density at radius 2 is 1.56 bits per heavy atom. The first-order chi connectivity index (χ1) is 11.8. The fourth-order valence-electron chi connectivity index (χ4n) is 3.24. The molecule has 7 nitrogen and oxygen atoms in total. The van der Waals surface area contributed by atoms with E-state index in [-0.39, 0.29) is 25.3 Å². The van der Waals surface area contributed by atoms with Crippen molar-refractivity contribution in [1.82, 2.24) is 14.7 Å². The van der Waals surface area contributed by atoms with Crippen molar-refractivity contribution in [3.05, 3.63) is 0 Å². The van der Waals surface area contributed by atoms with Crippen LogP contribution >= 0.6 is 0 Å². The van der Waals surface area contributed by atoms with E-state index in [2.05, 4.69) is 21.7 Å². The Hall–Kier alpha value is -1.18. The van der Waals surface area contributed by atoms with Crippen LogP contribution in [0.5, 0.6) is 0 Å². The Morgan fingerprint density at radius 1 is 0.960 bits per heavy atom. The zero-order valence-electron chi connectivity index (χ0n) is 16.1. The predicted molar refractivity (Wildman–Crippen MR) is 95.0 cm³/mol. The maximum atomic E-state index is 11.9. The average Bonchev–Trinajstić information content (AvgIpc) is 2.55. The first kappa shape index (κ1) is 20.1. The molecule has 2 aliphatic rings. The van der Waals surface area contributed by atoms with E-state index in [0.717, 1.165) is 26.2 Å². The third kappa shape index (κ3) is 6.56. The van der Waals surface area contributed by atoms with Crippen molar-refractivity contribution in [3.63, 3.8) is 0 Å². The van der Waals surface area contributed by atoms with Crippen molar-refractivity contribution in [2.45, 2.75) is 39.7 Å². The number of nitrogens with zero attached hydrogens (tertiary/aromatic N) is 3. The summed E-state index contributed by atoms with van der Waals surface area (Å²) in [7, 11) is 2.18. The Bertz CT molecular complexity index is 448. The monoisotopic (exact) mass is 355 g/mol. The predicted octanol–water partition coefficient (Wildman–Crippen LogP) is 0.788. The van der Waals surface area contributed by atoms with Crippen LogP contribution in [-0.4, -0.2) is 92.3 Å². The number of likely N-dealkylation sites (tertiary alicyclic amines) is 1. The van der Waals surface area contributed by atoms with Crippen LogP contribution in [0, 0.1) is 5.41 Å². The zero-order valence-corrected chi connectivity index (χ0v) is 16.1. The lowest BCUT2D eigenvalue weighted by Crippen LogP contribution is -2.53. The van der Waals surface area contributed by atoms with Crippen LogP contribution in [0.4, 0.5) is 0 Å². The molecule has 144 valence electrons. The van der Waals surface area contributed by atoms with Crippen LogP contribution in [0.15, 0.2) is 0 Å². The number of rotatable bonds is 5. The maximum absolute atomic E-state index is 11.9. The van der Waals surface area contributed by atoms with E-state index in [4.69, 9.17) is 9.47 Å². The summed E-state index contributed by atoms with van der Waals surface area (Å²) in [5.41, 5.74) is -0.587. The molecule has 0 radical (unpaired) electrons. The van der Waals surface area contributed by atoms with Crippen molar-refractivity contribution in [2.24, 2.45) is 5.41 Å². The Kier molecular flexibility index (Phi) is 7.22. The molecule has 2 rings (SSSR count). The van der Waals surface area contributed by atoms with Gasteiger partial charge < -0.3 is 14.4 Å². The molecule has 0 unspecified atom stereocenters. The molecule has 0 aromatic rings. The average molecular weight is 355 g/mol. The van der Waals surface area contributed by atoms with Crippen LogP contribution in [0.2, 0.25) is 0 Å². The number of ether oxygens (including phenoxy) is 2. The number of piperazine rings is 1. The number of carbonyl (C=O) groups is 2. The van der Waals surface area contributed by atoms with Gasteiger partial charge in [-0.15, -0.1) is 0 Å². The van der Waals surface area contributed by atoms with E-state index in [9.17, 15) is 9.59 Å². The van der Waals surface area contributed by atoms with Gasteiger partial charge in [-0.25, -0.2) is 0 Å². The second kappa shape index (κ2) is 8.96. The van der Waals surface area contributed by atoms with Gasteiger partial charge in [0.25, 0.3) is 0 Å². The minimum absolute atomic E-state index is 0.258. The highest BCUT2D eigenvalue weighted by atomic mass is 16.7. The summed E-state index contributed by atoms with van der Waals surface area (Å²) >= 11 is 0. The molecular formula is C18H33N3O4. The smallest absolute Gasteiger partial charge is 0.323 e. The fourth-order valence-corrected chi connectivity index (χ4v) is 3.24. The van der Waals surface area contributed by atoms with Gasteiger partial charge in [0, 0.05) is 32.2 Å². The summed E-state index contributed by atoms with van der Waals surface area (Å²) in [5.74, 6) is -0.707. The number of piperidine rings is 1. The summed E-state index contributed by atoms with van der Waals surface area (Å²) in [6.07, 6.45) is 2.47. The lowest BCUT2D eigenvalue weighted by Gasteiger charge is -2.41. The Morgan fingerprint density at radius 3 is 2.12 bits per heavy atom. The van der Waals surface area contributed by atoms with Crippen LogP contribution in [0.25, 0.3) is 0 Å². The standard InChI is InChI=1S/C18H33N3O4/c1-18(2,3)17(23)25-14-24-16(22)13-20-9-11-21(12-10-20)15-5-7-19(4)8-6-15/h15H,5-14H2,1-4H3. The number of esters is 2. The molecule has 0 atom stereocenters. The first-order valence-electron chi connectivity index (χ1n) is 9.23. The van der Waals surface area contributed by atoms with Gasteiger partial charge in [0.15, 0.2) is 0 Å². The lowest BCUT2D eigenvalue weighted by atomic mass is 9.98. The molecule has 7 heteroatoms. The molecule has 0 bridgehead atoms. The molecule has 25 heavy (non-hydrogen) atoms. The van der Waals surface area contributed by atoms with Crippen molar-refractivity contribution < 1.29 is 19.1 Å². The van der Waals surface area contributed by atoms with Gasteiger partial charge in [0.2, 0.25) is 6.79 Å². The molecule has 0 aromatic heterocycles. The van der Waals surface area contributed by atoms with E-state index in [0.29, 0.717) is 6.04 Å². The van der Waals surface area contributed by atoms with Crippen LogP contribution in [0.1, 0.15) is 33.6 Å². The summed E-state index contributed by atoms with van der Waals surface area (Å²) in [6, 6.07) is 0.683. The fraction of sp³-hybridized carbons (Fsp3) is 0.889. The normalized spacial score (nSPS) is 21.9. The second-order valence-electron chi connectivity index (χ2n) is 8.16. The van der Waals surface area contributed by atoms with Crippen LogP contribution in [0.3, 0.4) is 0 Å². The Balaban J connectivity index is 1.61. The second-order valence-corrected chi connectivity index (χ2v) is 8.16. The summed E-state index contributed by atoms with van der Waals surface area (Å²) < 4.78 is 9.98. The SMILES string of the molecule is CN1CCC(N2CCN(CC(=O)OCOC(=O)C(C)(C)C)CC2)CC1. The highest BCUT2D eigenvalue weighted by Gasteiger charge is 2.27. The van der Waals surface area contributed by atoms with Crippen molar-refractivity contribution >= 4 is 11.9 Å². The van der Waals surface area contributed by atoms with E-state index in [1.807, 2.05) is 0 Å². The van der Waals surface area contributed by atoms with Crippen molar-refractivity contribution in [1.29, 1.82) is 0 Å². The molecule has 0 N–H and O–H groups in total. The minimum Gasteiger partial charge on any atom is -0.427 e. The topological polar surface area (TPSA) is 62.3 Å². The molecule has 0 spiro atoms. The maximum Gasteiger partial charge on any atom is 0.323 e. The third-order valence-corrected chi connectivity index (χ3v) is 4.99. The van der Waals surface area contributed by atoms with Crippen molar-refractivity contribution in [2.75, 3.05) is 59.7 Å². The molecular weight excluding hydrogens is 322 g/mol. The van der Waals surface area contributed by atoms with E-state index >= 15 is 0 Å². The van der Waals surface area contributed by atoms with E-state index in [1.165, 1.54) is 25.9 Å². The van der Waals surface area contributed by atoms with Gasteiger partial charge in [0.05, 0.1) is 12.0 Å². The number of carbonyl (C=O) groups excluding carboxylic acids is 2. The lowest BCUT2D eigenvalue weighted by molar-refractivity contribution is -0.173. The van der Waals surface area contributed by atoms with Gasteiger partial charge in [-0.3, -0.25) is 19.4 Å². The molecule has 2 heterocycles. The molecule has 0 amide bonds. The minimum atomic E-state index is -0.587. The molecule has 2 fully saturated rings. The van der Waals surface area contributed by atoms with Crippen LogP contribution in [-0.2, 0) is 19.1 Å². The van der Waals surface area contributed by atoms with Gasteiger partial charge >= 0.3 is 11.9 Å². The summed E-state index contributed by atoms with van der Waals surface area (Å²) in [4.78, 5) is 30.5. The van der Waals surface area contributed by atoms with Gasteiger partial charge in [0.1, 0.15) is 0 Å². The van der Waals surface area contributed by atoms with Gasteiger partial charge in [-0.1, -0.05) is 0 Å². The van der Waals surface area contributed by atoms with E-state index < -0.39 is 5.41 Å². The Labute approximate surface area is 151 Å². The highest BCUT2D eigenvalue weighted by Crippen LogP contribution is 2.17. The molecule has 0 aliphatic carbocycles. The third-order valence-electron chi connectivity index (χ3n) is 4.99. The molecule has 2 saturated heterocycles. The molecule has 0 saturated carbocycles. The van der Waals surface area contributed by atoms with Gasteiger partial charge in [-0.2, -0.15) is 0 Å². The molecule has 0 aromatic carbocycles. The first-order valence-corrected chi connectivity index (χ1v) is 9.23. The van der Waals surface area contributed by atoms with Crippen molar-refractivity contribution in [3.8, 4) is 0 Å². The largest absolute Gasteiger partial charge is 0.427 e. The zero-order chi connectivity index (χ0) is 18.4. The summed E-state index contributed by atoms with van der Waals surface area (Å²) in [5, 5.41) is 0. The quantitative estimate of drug-likeness (QED) is 0.534. The van der Waals surface area contributed by atoms with E-state index in [1.54, 1.807) is 20.8 Å².